The molecule has 0 radical (unpaired) electrons. The van der Waals surface area contributed by atoms with E-state index in [2.05, 4.69) is 24.1 Å². The van der Waals surface area contributed by atoms with Crippen molar-refractivity contribution in [2.45, 2.75) is 110 Å². The lowest BCUT2D eigenvalue weighted by Gasteiger charge is -2.59. The van der Waals surface area contributed by atoms with Crippen LogP contribution in [-0.2, 0) is 39.9 Å². The number of ketones is 2. The van der Waals surface area contributed by atoms with Gasteiger partial charge in [0.15, 0.2) is 17.2 Å². The molecule has 0 aliphatic heterocycles. The molecule has 1 aromatic rings. The average molecular weight is 746 g/mol. The first-order chi connectivity index (χ1) is 24.3. The van der Waals surface area contributed by atoms with Gasteiger partial charge in [0.25, 0.3) is 0 Å². The van der Waals surface area contributed by atoms with Crippen molar-refractivity contribution in [3.63, 3.8) is 0 Å². The Morgan fingerprint density at radius 2 is 1.63 bits per heavy atom. The number of allylic oxidation sites excluding steroid dienone is 1. The molecule has 1 aromatic carbocycles. The van der Waals surface area contributed by atoms with Crippen LogP contribution in [0.25, 0.3) is 0 Å². The molecule has 7 atom stereocenters. The Kier molecular flexibility index (Phi) is 12.6. The fourth-order valence-corrected chi connectivity index (χ4v) is 10.6. The van der Waals surface area contributed by atoms with E-state index in [-0.39, 0.29) is 54.7 Å². The zero-order valence-corrected chi connectivity index (χ0v) is 32.1. The smallest absolute Gasteiger partial charge is 0.328 e. The fraction of sp³-hybridized carbons (Fsp3) is 0.675. The predicted molar refractivity (Wildman–Crippen MR) is 198 cm³/mol. The van der Waals surface area contributed by atoms with Gasteiger partial charge in [-0.1, -0.05) is 31.6 Å². The first kappa shape index (κ1) is 39.3. The molecule has 5 rings (SSSR count). The second-order valence-corrected chi connectivity index (χ2v) is 16.3. The van der Waals surface area contributed by atoms with Crippen LogP contribution < -0.4 is 10.2 Å². The molecule has 0 heterocycles. The minimum Gasteiger partial charge on any atom is -0.464 e. The van der Waals surface area contributed by atoms with Crippen molar-refractivity contribution < 1.29 is 33.4 Å². The van der Waals surface area contributed by atoms with E-state index in [0.717, 1.165) is 49.8 Å². The lowest BCUT2D eigenvalue weighted by atomic mass is 9.46. The van der Waals surface area contributed by atoms with Crippen LogP contribution in [0, 0.1) is 28.6 Å². The summed E-state index contributed by atoms with van der Waals surface area (Å²) in [6.07, 6.45) is 8.88. The van der Waals surface area contributed by atoms with Gasteiger partial charge in [-0.05, 0) is 105 Å². The Labute approximate surface area is 312 Å². The number of hydrogen-bond donors (Lipinski definition) is 1. The van der Waals surface area contributed by atoms with Gasteiger partial charge in [-0.25, -0.2) is 4.79 Å². The largest absolute Gasteiger partial charge is 0.464 e. The highest BCUT2D eigenvalue weighted by Crippen LogP contribution is 2.68. The summed E-state index contributed by atoms with van der Waals surface area (Å²) in [5.74, 6) is 0.820. The molecule has 4 aliphatic rings. The van der Waals surface area contributed by atoms with Crippen LogP contribution in [-0.4, -0.2) is 72.5 Å². The van der Waals surface area contributed by atoms with Crippen molar-refractivity contribution >= 4 is 58.3 Å². The molecule has 0 aromatic heterocycles. The zero-order valence-electron chi connectivity index (χ0n) is 30.6. The number of esters is 2. The molecule has 3 saturated carbocycles. The van der Waals surface area contributed by atoms with Crippen LogP contribution in [0.5, 0.6) is 0 Å². The topological polar surface area (TPSA) is 119 Å². The maximum Gasteiger partial charge on any atom is 0.328 e. The number of Topliss-reactive ketones (excluding diaryl/α,β-unsaturated/α-hetero) is 1. The maximum absolute atomic E-state index is 13.5. The van der Waals surface area contributed by atoms with Crippen molar-refractivity contribution in [2.75, 3.05) is 36.4 Å². The van der Waals surface area contributed by atoms with Crippen molar-refractivity contribution in [1.82, 2.24) is 5.32 Å². The number of halogens is 2. The lowest BCUT2D eigenvalue weighted by Crippen LogP contribution is -2.58. The highest BCUT2D eigenvalue weighted by Gasteiger charge is 2.67. The van der Waals surface area contributed by atoms with Crippen molar-refractivity contribution in [2.24, 2.45) is 28.6 Å². The molecule has 0 unspecified atom stereocenters. The summed E-state index contributed by atoms with van der Waals surface area (Å²) in [6.45, 7) is 8.67. The highest BCUT2D eigenvalue weighted by molar-refractivity contribution is 6.18. The fourth-order valence-electron chi connectivity index (χ4n) is 10.2. The van der Waals surface area contributed by atoms with E-state index in [4.69, 9.17) is 32.7 Å². The van der Waals surface area contributed by atoms with Gasteiger partial charge >= 0.3 is 11.9 Å². The Morgan fingerprint density at radius 1 is 0.941 bits per heavy atom. The SMILES string of the molecule is CC(=O)N[C@@H](Cc1ccc(N(CCCl)CCCl)cc1)C(=O)OCCCC(=O)O[C@]1(C(C)=O)CC[C@H]2[C@@H]3CCC4=CC(=O)CC[C@]4(C)[C@H]3CC[C@@]21C. The monoisotopic (exact) mass is 744 g/mol. The van der Waals surface area contributed by atoms with Crippen molar-refractivity contribution in [1.29, 1.82) is 0 Å². The molecular weight excluding hydrogens is 691 g/mol. The van der Waals surface area contributed by atoms with Crippen molar-refractivity contribution in [3.05, 3.63) is 41.5 Å². The molecule has 0 saturated heterocycles. The standard InChI is InChI=1S/C40H54Cl2N2O7/c1-26(45)40(18-15-34-32-12-9-29-25-31(47)13-16-38(29,3)33(32)14-17-39(34,40)4)51-36(48)6-5-23-50-37(49)35(43-27(2)46)24-28-7-10-30(11-8-28)44(21-19-41)22-20-42/h7-8,10-11,25,32-35H,5-6,9,12-24H2,1-4H3,(H,43,46)/t32-,33+,34+,35+,38+,39+,40+/m1/s1. The Hall–Kier alpha value is -2.91. The van der Waals surface area contributed by atoms with Crippen LogP contribution in [0.15, 0.2) is 35.9 Å². The molecule has 0 spiro atoms. The quantitative estimate of drug-likeness (QED) is 0.119. The van der Waals surface area contributed by atoms with E-state index in [1.165, 1.54) is 12.5 Å². The van der Waals surface area contributed by atoms with Gasteiger partial charge in [-0.2, -0.15) is 0 Å². The zero-order chi connectivity index (χ0) is 37.0. The molecule has 0 bridgehead atoms. The summed E-state index contributed by atoms with van der Waals surface area (Å²) in [7, 11) is 0. The minimum absolute atomic E-state index is 0.00271. The number of nitrogens with one attached hydrogen (secondary N) is 1. The second-order valence-electron chi connectivity index (χ2n) is 15.6. The van der Waals surface area contributed by atoms with E-state index >= 15 is 0 Å². The summed E-state index contributed by atoms with van der Waals surface area (Å²) in [5, 5.41) is 2.69. The first-order valence-corrected chi connectivity index (χ1v) is 19.7. The summed E-state index contributed by atoms with van der Waals surface area (Å²) in [4.78, 5) is 66.2. The van der Waals surface area contributed by atoms with Gasteiger partial charge in [0, 0.05) is 62.1 Å². The predicted octanol–water partition coefficient (Wildman–Crippen LogP) is 6.74. The number of ether oxygens (including phenoxy) is 2. The number of anilines is 1. The van der Waals surface area contributed by atoms with Gasteiger partial charge < -0.3 is 19.7 Å². The Morgan fingerprint density at radius 3 is 2.27 bits per heavy atom. The molecule has 51 heavy (non-hydrogen) atoms. The van der Waals surface area contributed by atoms with Crippen LogP contribution in [0.1, 0.15) is 97.5 Å². The molecule has 11 heteroatoms. The normalized spacial score (nSPS) is 30.2. The summed E-state index contributed by atoms with van der Waals surface area (Å²) in [5.41, 5.74) is 1.50. The number of hydrogen-bond acceptors (Lipinski definition) is 8. The van der Waals surface area contributed by atoms with Gasteiger partial charge in [0.1, 0.15) is 6.04 Å². The average Bonchev–Trinajstić information content (AvgIpc) is 3.39. The first-order valence-electron chi connectivity index (χ1n) is 18.6. The number of carbonyl (C=O) groups is 5. The third-order valence-electron chi connectivity index (χ3n) is 12.8. The molecular formula is C40H54Cl2N2O7. The van der Waals surface area contributed by atoms with Crippen LogP contribution in [0.3, 0.4) is 0 Å². The molecule has 280 valence electrons. The summed E-state index contributed by atoms with van der Waals surface area (Å²) < 4.78 is 11.8. The molecule has 9 nitrogen and oxygen atoms in total. The van der Waals surface area contributed by atoms with E-state index < -0.39 is 29.0 Å². The number of rotatable bonds is 15. The Bertz CT molecular complexity index is 1510. The maximum atomic E-state index is 13.5. The number of benzene rings is 1. The molecule has 3 fully saturated rings. The lowest BCUT2D eigenvalue weighted by molar-refractivity contribution is -0.189. The molecule has 4 aliphatic carbocycles. The van der Waals surface area contributed by atoms with Gasteiger partial charge in [0.2, 0.25) is 5.91 Å². The van der Waals surface area contributed by atoms with Crippen LogP contribution in [0.2, 0.25) is 0 Å². The van der Waals surface area contributed by atoms with E-state index in [0.29, 0.717) is 49.5 Å². The van der Waals surface area contributed by atoms with E-state index in [1.54, 1.807) is 6.92 Å². The van der Waals surface area contributed by atoms with Crippen molar-refractivity contribution in [3.8, 4) is 0 Å². The summed E-state index contributed by atoms with van der Waals surface area (Å²) in [6, 6.07) is 6.78. The molecule has 1 N–H and O–H groups in total. The number of carbonyl (C=O) groups excluding carboxylic acids is 5. The minimum atomic E-state index is -1.17. The van der Waals surface area contributed by atoms with Gasteiger partial charge in [-0.3, -0.25) is 19.2 Å². The van der Waals surface area contributed by atoms with Gasteiger partial charge in [-0.15, -0.1) is 23.2 Å². The number of alkyl halides is 2. The van der Waals surface area contributed by atoms with Gasteiger partial charge in [0.05, 0.1) is 6.61 Å². The number of fused-ring (bicyclic) bond motifs is 5. The summed E-state index contributed by atoms with van der Waals surface area (Å²) >= 11 is 11.9. The van der Waals surface area contributed by atoms with Crippen LogP contribution >= 0.6 is 23.2 Å². The third-order valence-corrected chi connectivity index (χ3v) is 13.2. The number of nitrogens with zero attached hydrogens (tertiary/aromatic N) is 1. The Balaban J connectivity index is 1.16. The van der Waals surface area contributed by atoms with E-state index in [9.17, 15) is 24.0 Å². The highest BCUT2D eigenvalue weighted by atomic mass is 35.5. The van der Waals surface area contributed by atoms with E-state index in [1.807, 2.05) is 30.3 Å². The molecule has 1 amide bonds. The van der Waals surface area contributed by atoms with Crippen LogP contribution in [0.4, 0.5) is 5.69 Å². The third kappa shape index (κ3) is 8.04. The second kappa shape index (κ2) is 16.4. The number of amides is 1.